The summed E-state index contributed by atoms with van der Waals surface area (Å²) in [5.41, 5.74) is -0.699. The van der Waals surface area contributed by atoms with Crippen LogP contribution in [0.1, 0.15) is 43.1 Å². The molecule has 0 amide bonds. The topological polar surface area (TPSA) is 94.9 Å². The summed E-state index contributed by atoms with van der Waals surface area (Å²) in [4.78, 5) is 11.0. The van der Waals surface area contributed by atoms with Gasteiger partial charge in [-0.05, 0) is 51.0 Å². The zero-order valence-corrected chi connectivity index (χ0v) is 14.1. The van der Waals surface area contributed by atoms with Gasteiger partial charge in [0.05, 0.1) is 16.1 Å². The molecule has 0 fully saturated rings. The van der Waals surface area contributed by atoms with E-state index >= 15 is 0 Å². The number of sulfonamides is 1. The van der Waals surface area contributed by atoms with Crippen molar-refractivity contribution in [2.24, 2.45) is 0 Å². The normalized spacial score (nSPS) is 12.6. The number of benzene rings is 1. The van der Waals surface area contributed by atoms with Crippen LogP contribution in [0.25, 0.3) is 0 Å². The summed E-state index contributed by atoms with van der Waals surface area (Å²) in [6, 6.07) is 3.93. The van der Waals surface area contributed by atoms with Crippen LogP contribution >= 0.6 is 0 Å². The molecule has 1 aromatic rings. The van der Waals surface area contributed by atoms with Gasteiger partial charge in [-0.1, -0.05) is 6.92 Å². The van der Waals surface area contributed by atoms with E-state index in [2.05, 4.69) is 0 Å². The first-order valence-electron chi connectivity index (χ1n) is 7.05. The van der Waals surface area contributed by atoms with Gasteiger partial charge in [0, 0.05) is 13.1 Å². The Morgan fingerprint density at radius 2 is 1.91 bits per heavy atom. The summed E-state index contributed by atoms with van der Waals surface area (Å²) >= 11 is 0. The van der Waals surface area contributed by atoms with Crippen molar-refractivity contribution in [3.05, 3.63) is 29.3 Å². The highest BCUT2D eigenvalue weighted by Crippen LogP contribution is 2.21. The summed E-state index contributed by atoms with van der Waals surface area (Å²) in [5.74, 6) is -1.09. The molecule has 0 aliphatic rings. The molecule has 2 N–H and O–H groups in total. The number of carbonyl (C=O) groups is 1. The Morgan fingerprint density at radius 1 is 1.32 bits per heavy atom. The second-order valence-corrected chi connectivity index (χ2v) is 7.87. The lowest BCUT2D eigenvalue weighted by atomic mass is 10.1. The third-order valence-corrected chi connectivity index (χ3v) is 4.94. The zero-order valence-electron chi connectivity index (χ0n) is 13.3. The Kier molecular flexibility index (Phi) is 5.72. The lowest BCUT2D eigenvalue weighted by molar-refractivity contribution is 0.0591. The van der Waals surface area contributed by atoms with Crippen LogP contribution in [-0.4, -0.2) is 47.6 Å². The fourth-order valence-electron chi connectivity index (χ4n) is 2.15. The largest absolute Gasteiger partial charge is 0.478 e. The molecule has 0 aromatic heterocycles. The number of carboxylic acid groups (broad SMARTS) is 1. The molecule has 7 heteroatoms. The van der Waals surface area contributed by atoms with E-state index in [0.717, 1.165) is 0 Å². The summed E-state index contributed by atoms with van der Waals surface area (Å²) in [7, 11) is -3.78. The lowest BCUT2D eigenvalue weighted by Crippen LogP contribution is -2.42. The van der Waals surface area contributed by atoms with Crippen LogP contribution in [0, 0.1) is 6.92 Å². The Labute approximate surface area is 131 Å². The molecule has 6 nitrogen and oxygen atoms in total. The van der Waals surface area contributed by atoms with Gasteiger partial charge in [-0.3, -0.25) is 0 Å². The average Bonchev–Trinajstić information content (AvgIpc) is 2.36. The van der Waals surface area contributed by atoms with Crippen molar-refractivity contribution in [3.63, 3.8) is 0 Å². The first-order valence-corrected chi connectivity index (χ1v) is 8.49. The number of hydrogen-bond donors (Lipinski definition) is 2. The van der Waals surface area contributed by atoms with Gasteiger partial charge < -0.3 is 10.2 Å². The summed E-state index contributed by atoms with van der Waals surface area (Å²) < 4.78 is 26.6. The first kappa shape index (κ1) is 18.6. The van der Waals surface area contributed by atoms with Crippen LogP contribution in [0.5, 0.6) is 0 Å². The highest BCUT2D eigenvalue weighted by Gasteiger charge is 2.29. The Balaban J connectivity index is 3.25. The molecule has 0 unspecified atom stereocenters. The van der Waals surface area contributed by atoms with E-state index in [9.17, 15) is 18.3 Å². The molecule has 0 spiro atoms. The van der Waals surface area contributed by atoms with Gasteiger partial charge in [0.1, 0.15) is 0 Å². The van der Waals surface area contributed by atoms with Gasteiger partial charge >= 0.3 is 5.97 Å². The number of rotatable bonds is 7. The number of hydrogen-bond acceptors (Lipinski definition) is 4. The molecule has 0 radical (unpaired) electrons. The van der Waals surface area contributed by atoms with Crippen molar-refractivity contribution in [3.8, 4) is 0 Å². The van der Waals surface area contributed by atoms with Crippen molar-refractivity contribution < 1.29 is 23.4 Å². The second-order valence-electron chi connectivity index (χ2n) is 5.93. The van der Waals surface area contributed by atoms with E-state index in [1.807, 2.05) is 6.92 Å². The lowest BCUT2D eigenvalue weighted by Gasteiger charge is -2.28. The fourth-order valence-corrected chi connectivity index (χ4v) is 3.92. The Morgan fingerprint density at radius 3 is 2.32 bits per heavy atom. The predicted molar refractivity (Wildman–Crippen MR) is 83.5 cm³/mol. The average molecular weight is 329 g/mol. The molecular weight excluding hydrogens is 306 g/mol. The molecule has 0 atom stereocenters. The minimum atomic E-state index is -3.78. The van der Waals surface area contributed by atoms with Gasteiger partial charge in [-0.2, -0.15) is 4.31 Å². The van der Waals surface area contributed by atoms with Crippen LogP contribution < -0.4 is 0 Å². The van der Waals surface area contributed by atoms with Gasteiger partial charge in [0.2, 0.25) is 10.0 Å². The molecule has 124 valence electrons. The zero-order chi connectivity index (χ0) is 17.1. The monoisotopic (exact) mass is 329 g/mol. The maximum Gasteiger partial charge on any atom is 0.335 e. The summed E-state index contributed by atoms with van der Waals surface area (Å²) in [6.07, 6.45) is 0.613. The molecule has 0 saturated carbocycles. The smallest absolute Gasteiger partial charge is 0.335 e. The van der Waals surface area contributed by atoms with Crippen LogP contribution in [0.4, 0.5) is 0 Å². The molecule has 22 heavy (non-hydrogen) atoms. The van der Waals surface area contributed by atoms with Crippen LogP contribution in [-0.2, 0) is 10.0 Å². The number of nitrogens with zero attached hydrogens (tertiary/aromatic N) is 1. The number of carboxylic acids is 1. The maximum absolute atomic E-state index is 12.7. The maximum atomic E-state index is 12.7. The Hall–Kier alpha value is -1.44. The van der Waals surface area contributed by atoms with Gasteiger partial charge in [0.25, 0.3) is 0 Å². The van der Waals surface area contributed by atoms with E-state index in [4.69, 9.17) is 5.11 Å². The van der Waals surface area contributed by atoms with E-state index < -0.39 is 21.6 Å². The molecule has 0 bridgehead atoms. The number of aryl methyl sites for hydroxylation is 1. The van der Waals surface area contributed by atoms with Crippen molar-refractivity contribution in [2.75, 3.05) is 13.1 Å². The number of aromatic carboxylic acids is 1. The molecule has 1 rings (SSSR count). The van der Waals surface area contributed by atoms with Crippen molar-refractivity contribution in [1.29, 1.82) is 0 Å². The molecule has 0 saturated heterocycles. The van der Waals surface area contributed by atoms with Crippen LogP contribution in [0.3, 0.4) is 0 Å². The van der Waals surface area contributed by atoms with Crippen LogP contribution in [0.2, 0.25) is 0 Å². The molecule has 0 aliphatic carbocycles. The highest BCUT2D eigenvalue weighted by molar-refractivity contribution is 7.89. The Bertz CT molecular complexity index is 646. The van der Waals surface area contributed by atoms with E-state index in [1.54, 1.807) is 20.8 Å². The van der Waals surface area contributed by atoms with Crippen molar-refractivity contribution in [1.82, 2.24) is 4.31 Å². The van der Waals surface area contributed by atoms with E-state index in [1.165, 1.54) is 22.5 Å². The van der Waals surface area contributed by atoms with Gasteiger partial charge in [0.15, 0.2) is 0 Å². The highest BCUT2D eigenvalue weighted by atomic mass is 32.2. The number of aliphatic hydroxyl groups is 1. The molecule has 0 heterocycles. The first-order chi connectivity index (χ1) is 9.99. The van der Waals surface area contributed by atoms with Crippen LogP contribution in [0.15, 0.2) is 23.1 Å². The van der Waals surface area contributed by atoms with E-state index in [-0.39, 0.29) is 23.5 Å². The van der Waals surface area contributed by atoms with Crippen molar-refractivity contribution in [2.45, 2.75) is 44.6 Å². The molecular formula is C15H23NO5S. The third-order valence-electron chi connectivity index (χ3n) is 3.10. The minimum absolute atomic E-state index is 0.0249. The standard InChI is InChI=1S/C15H23NO5S/c1-5-8-16(10-15(3,4)19)22(20,21)12-6-7-13(14(17)18)11(2)9-12/h6-7,9,19H,5,8,10H2,1-4H3,(H,17,18). The fraction of sp³-hybridized carbons (Fsp3) is 0.533. The molecule has 0 aliphatic heterocycles. The second kappa shape index (κ2) is 6.76. The predicted octanol–water partition coefficient (Wildman–Crippen LogP) is 1.86. The van der Waals surface area contributed by atoms with Gasteiger partial charge in [-0.15, -0.1) is 0 Å². The summed E-state index contributed by atoms with van der Waals surface area (Å²) in [6.45, 7) is 6.76. The SMILES string of the molecule is CCCN(CC(C)(C)O)S(=O)(=O)c1ccc(C(=O)O)c(C)c1. The quantitative estimate of drug-likeness (QED) is 0.796. The van der Waals surface area contributed by atoms with Crippen molar-refractivity contribution >= 4 is 16.0 Å². The van der Waals surface area contributed by atoms with E-state index in [0.29, 0.717) is 12.0 Å². The molecule has 1 aromatic carbocycles. The van der Waals surface area contributed by atoms with Gasteiger partial charge in [-0.25, -0.2) is 13.2 Å². The minimum Gasteiger partial charge on any atom is -0.478 e. The third kappa shape index (κ3) is 4.53. The summed E-state index contributed by atoms with van der Waals surface area (Å²) in [5, 5.41) is 18.9.